The molecule has 28 heavy (non-hydrogen) atoms. The molecule has 2 aromatic carbocycles. The third kappa shape index (κ3) is 5.02. The van der Waals surface area contributed by atoms with Crippen LogP contribution in [0.3, 0.4) is 0 Å². The van der Waals surface area contributed by atoms with E-state index in [1.54, 1.807) is 4.90 Å². The molecule has 0 spiro atoms. The maximum Gasteiger partial charge on any atom is 0.253 e. The molecule has 0 bridgehead atoms. The van der Waals surface area contributed by atoms with Gasteiger partial charge in [0.1, 0.15) is 6.54 Å². The maximum absolute atomic E-state index is 12.6. The van der Waals surface area contributed by atoms with Crippen LogP contribution in [0.2, 0.25) is 0 Å². The summed E-state index contributed by atoms with van der Waals surface area (Å²) in [6.07, 6.45) is 7.40. The highest BCUT2D eigenvalue weighted by Crippen LogP contribution is 2.17. The first kappa shape index (κ1) is 19.2. The number of likely N-dealkylation sites (tertiary alicyclic amines) is 2. The molecule has 0 aliphatic carbocycles. The highest BCUT2D eigenvalue weighted by molar-refractivity contribution is 5.94. The molecule has 2 aliphatic heterocycles. The summed E-state index contributed by atoms with van der Waals surface area (Å²) in [6.45, 7) is 5.43. The second-order valence-corrected chi connectivity index (χ2v) is 8.61. The Bertz CT molecular complexity index is 742. The van der Waals surface area contributed by atoms with Crippen LogP contribution in [0.15, 0.2) is 54.6 Å². The van der Waals surface area contributed by atoms with E-state index in [1.807, 2.05) is 17.0 Å². The van der Waals surface area contributed by atoms with Crippen LogP contribution >= 0.6 is 0 Å². The van der Waals surface area contributed by atoms with E-state index < -0.39 is 0 Å². The lowest BCUT2D eigenvalue weighted by Gasteiger charge is -2.29. The lowest BCUT2D eigenvalue weighted by Crippen LogP contribution is -3.11. The molecule has 2 saturated heterocycles. The van der Waals surface area contributed by atoms with Crippen molar-refractivity contribution in [1.82, 2.24) is 4.90 Å². The standard InChI is InChI=1S/C25H32N2O/c28-25(27-15-5-2-6-16-27)24-11-9-23(10-12-24)20-26-17-13-22(14-18-26)19-21-7-3-1-4-8-21/h1,3-4,7-12,22H,2,5-6,13-20H2/p+1. The molecule has 1 amide bonds. The van der Waals surface area contributed by atoms with E-state index in [0.29, 0.717) is 0 Å². The number of nitrogens with zero attached hydrogens (tertiary/aromatic N) is 1. The third-order valence-corrected chi connectivity index (χ3v) is 6.48. The molecule has 2 aliphatic rings. The van der Waals surface area contributed by atoms with Crippen molar-refractivity contribution in [2.45, 2.75) is 45.1 Å². The van der Waals surface area contributed by atoms with Gasteiger partial charge in [-0.05, 0) is 62.1 Å². The van der Waals surface area contributed by atoms with Crippen molar-refractivity contribution in [3.8, 4) is 0 Å². The molecule has 0 aromatic heterocycles. The van der Waals surface area contributed by atoms with Crippen LogP contribution in [0.25, 0.3) is 0 Å². The zero-order valence-corrected chi connectivity index (χ0v) is 16.9. The minimum atomic E-state index is 0.209. The fourth-order valence-electron chi connectivity index (χ4n) is 4.75. The Labute approximate surface area is 169 Å². The fraction of sp³-hybridized carbons (Fsp3) is 0.480. The molecule has 0 unspecified atom stereocenters. The second-order valence-electron chi connectivity index (χ2n) is 8.61. The van der Waals surface area contributed by atoms with Gasteiger partial charge in [-0.15, -0.1) is 0 Å². The van der Waals surface area contributed by atoms with Crippen molar-refractivity contribution in [3.05, 3.63) is 71.3 Å². The minimum Gasteiger partial charge on any atom is -0.339 e. The Kier molecular flexibility index (Phi) is 6.43. The molecule has 2 heterocycles. The quantitative estimate of drug-likeness (QED) is 0.849. The average molecular weight is 378 g/mol. The largest absolute Gasteiger partial charge is 0.339 e. The van der Waals surface area contributed by atoms with Crippen LogP contribution in [0.1, 0.15) is 53.6 Å². The normalized spacial score (nSPS) is 22.8. The summed E-state index contributed by atoms with van der Waals surface area (Å²) < 4.78 is 0. The molecule has 2 fully saturated rings. The van der Waals surface area contributed by atoms with Gasteiger partial charge in [-0.1, -0.05) is 42.5 Å². The molecule has 148 valence electrons. The molecule has 0 atom stereocenters. The summed E-state index contributed by atoms with van der Waals surface area (Å²) in [6, 6.07) is 19.3. The van der Waals surface area contributed by atoms with Crippen molar-refractivity contribution >= 4 is 5.91 Å². The topological polar surface area (TPSA) is 24.8 Å². The highest BCUT2D eigenvalue weighted by Gasteiger charge is 2.23. The summed E-state index contributed by atoms with van der Waals surface area (Å²) in [4.78, 5) is 16.3. The van der Waals surface area contributed by atoms with Crippen LogP contribution in [-0.4, -0.2) is 37.0 Å². The summed E-state index contributed by atoms with van der Waals surface area (Å²) in [7, 11) is 0. The van der Waals surface area contributed by atoms with Crippen molar-refractivity contribution < 1.29 is 9.69 Å². The van der Waals surface area contributed by atoms with Crippen molar-refractivity contribution in [2.24, 2.45) is 5.92 Å². The monoisotopic (exact) mass is 377 g/mol. The summed E-state index contributed by atoms with van der Waals surface area (Å²) in [5, 5.41) is 0. The zero-order valence-electron chi connectivity index (χ0n) is 16.9. The van der Waals surface area contributed by atoms with Crippen LogP contribution in [-0.2, 0) is 13.0 Å². The smallest absolute Gasteiger partial charge is 0.253 e. The maximum atomic E-state index is 12.6. The highest BCUT2D eigenvalue weighted by atomic mass is 16.2. The SMILES string of the molecule is O=C(c1ccc(C[NH+]2CCC(Cc3ccccc3)CC2)cc1)N1CCCCC1. The van der Waals surface area contributed by atoms with E-state index in [4.69, 9.17) is 0 Å². The first-order valence-corrected chi connectivity index (χ1v) is 11.0. The Balaban J connectivity index is 1.25. The molecule has 2 aromatic rings. The Hall–Kier alpha value is -2.13. The number of piperidine rings is 2. The van der Waals surface area contributed by atoms with Gasteiger partial charge in [0.05, 0.1) is 13.1 Å². The molecular formula is C25H33N2O+. The van der Waals surface area contributed by atoms with Gasteiger partial charge < -0.3 is 9.80 Å². The second kappa shape index (κ2) is 9.38. The third-order valence-electron chi connectivity index (χ3n) is 6.48. The number of carbonyl (C=O) groups excluding carboxylic acids is 1. The van der Waals surface area contributed by atoms with E-state index in [0.717, 1.165) is 44.0 Å². The number of hydrogen-bond acceptors (Lipinski definition) is 1. The van der Waals surface area contributed by atoms with Crippen LogP contribution in [0.5, 0.6) is 0 Å². The van der Waals surface area contributed by atoms with Crippen LogP contribution in [0, 0.1) is 5.92 Å². The van der Waals surface area contributed by atoms with E-state index in [-0.39, 0.29) is 5.91 Å². The predicted octanol–water partition coefficient (Wildman–Crippen LogP) is 3.35. The lowest BCUT2D eigenvalue weighted by molar-refractivity contribution is -0.919. The van der Waals surface area contributed by atoms with Gasteiger partial charge in [0.2, 0.25) is 0 Å². The average Bonchev–Trinajstić information content (AvgIpc) is 2.76. The Morgan fingerprint density at radius 2 is 1.54 bits per heavy atom. The zero-order chi connectivity index (χ0) is 19.2. The molecular weight excluding hydrogens is 344 g/mol. The minimum absolute atomic E-state index is 0.209. The molecule has 0 radical (unpaired) electrons. The lowest BCUT2D eigenvalue weighted by atomic mass is 9.90. The number of carbonyl (C=O) groups is 1. The molecule has 0 saturated carbocycles. The molecule has 1 N–H and O–H groups in total. The molecule has 4 rings (SSSR count). The first-order valence-electron chi connectivity index (χ1n) is 11.0. The predicted molar refractivity (Wildman–Crippen MR) is 113 cm³/mol. The van der Waals surface area contributed by atoms with Gasteiger partial charge in [0.15, 0.2) is 0 Å². The van der Waals surface area contributed by atoms with Crippen molar-refractivity contribution in [3.63, 3.8) is 0 Å². The molecule has 3 heteroatoms. The van der Waals surface area contributed by atoms with E-state index in [1.165, 1.54) is 49.9 Å². The van der Waals surface area contributed by atoms with E-state index >= 15 is 0 Å². The number of benzene rings is 2. The van der Waals surface area contributed by atoms with Crippen LogP contribution < -0.4 is 4.90 Å². The van der Waals surface area contributed by atoms with Gasteiger partial charge in [0.25, 0.3) is 5.91 Å². The first-order chi connectivity index (χ1) is 13.8. The van der Waals surface area contributed by atoms with Crippen LogP contribution in [0.4, 0.5) is 0 Å². The van der Waals surface area contributed by atoms with Crippen molar-refractivity contribution in [2.75, 3.05) is 26.2 Å². The number of nitrogens with one attached hydrogen (secondary N) is 1. The summed E-state index contributed by atoms with van der Waals surface area (Å²) >= 11 is 0. The van der Waals surface area contributed by atoms with Gasteiger partial charge in [-0.3, -0.25) is 4.79 Å². The number of quaternary nitrogens is 1. The fourth-order valence-corrected chi connectivity index (χ4v) is 4.75. The van der Waals surface area contributed by atoms with Gasteiger partial charge in [-0.2, -0.15) is 0 Å². The number of amides is 1. The van der Waals surface area contributed by atoms with E-state index in [2.05, 4.69) is 42.5 Å². The van der Waals surface area contributed by atoms with E-state index in [9.17, 15) is 4.79 Å². The number of rotatable bonds is 5. The van der Waals surface area contributed by atoms with Gasteiger partial charge >= 0.3 is 0 Å². The summed E-state index contributed by atoms with van der Waals surface area (Å²) in [5.41, 5.74) is 3.68. The number of hydrogen-bond donors (Lipinski definition) is 1. The summed E-state index contributed by atoms with van der Waals surface area (Å²) in [5.74, 6) is 1.04. The van der Waals surface area contributed by atoms with Gasteiger partial charge in [0, 0.05) is 24.2 Å². The van der Waals surface area contributed by atoms with Gasteiger partial charge in [-0.25, -0.2) is 0 Å². The van der Waals surface area contributed by atoms with Crippen molar-refractivity contribution in [1.29, 1.82) is 0 Å². The Morgan fingerprint density at radius 1 is 0.857 bits per heavy atom. The Morgan fingerprint density at radius 3 is 2.21 bits per heavy atom. The molecule has 3 nitrogen and oxygen atoms in total.